The SMILES string of the molecule is CC1OC(O[C@@]2(C)CC(=O)[C@]3(O)C4=C(C=C[C@]3(O)C2)C(=O)c2c(ccc(C3CCC(OC5CCC(O)C(C)O5)C(C)O3)c2O)C4=O)C=CC1=O. The van der Waals surface area contributed by atoms with Gasteiger partial charge in [-0.1, -0.05) is 12.1 Å². The summed E-state index contributed by atoms with van der Waals surface area (Å²) in [5, 5.41) is 45.3. The highest BCUT2D eigenvalue weighted by Gasteiger charge is 2.67. The van der Waals surface area contributed by atoms with Gasteiger partial charge >= 0.3 is 0 Å². The van der Waals surface area contributed by atoms with Crippen molar-refractivity contribution in [2.45, 2.75) is 132 Å². The summed E-state index contributed by atoms with van der Waals surface area (Å²) in [6.07, 6.45) is 1.86. The van der Waals surface area contributed by atoms with Crippen LogP contribution in [0.1, 0.15) is 98.6 Å². The molecular weight excluding hydrogens is 652 g/mol. The fourth-order valence-electron chi connectivity index (χ4n) is 8.20. The first-order valence-corrected chi connectivity index (χ1v) is 17.1. The maximum atomic E-state index is 14.1. The molecule has 1 aromatic rings. The number of rotatable bonds is 5. The average molecular weight is 695 g/mol. The molecule has 3 aliphatic heterocycles. The quantitative estimate of drug-likeness (QED) is 0.352. The van der Waals surface area contributed by atoms with Crippen LogP contribution < -0.4 is 0 Å². The Labute approximate surface area is 288 Å². The molecule has 1 aromatic carbocycles. The third-order valence-corrected chi connectivity index (χ3v) is 11.0. The summed E-state index contributed by atoms with van der Waals surface area (Å²) >= 11 is 0. The number of fused-ring (bicyclic) bond motifs is 3. The molecule has 268 valence electrons. The number of hydrogen-bond acceptors (Lipinski definition) is 13. The molecule has 11 atom stereocenters. The minimum Gasteiger partial charge on any atom is -0.507 e. The van der Waals surface area contributed by atoms with Crippen LogP contribution in [0.4, 0.5) is 0 Å². The number of hydrogen-bond donors (Lipinski definition) is 4. The second kappa shape index (κ2) is 12.4. The molecule has 0 aromatic heterocycles. The van der Waals surface area contributed by atoms with E-state index in [0.717, 1.165) is 6.08 Å². The molecule has 8 unspecified atom stereocenters. The van der Waals surface area contributed by atoms with E-state index in [0.29, 0.717) is 31.2 Å². The number of ketones is 4. The molecule has 6 aliphatic rings. The molecule has 0 spiro atoms. The predicted molar refractivity (Wildman–Crippen MR) is 172 cm³/mol. The van der Waals surface area contributed by atoms with Crippen molar-refractivity contribution in [3.05, 3.63) is 64.3 Å². The fraction of sp³-hybridized carbons (Fsp3) is 0.568. The molecule has 2 saturated heterocycles. The zero-order valence-electron chi connectivity index (χ0n) is 28.3. The smallest absolute Gasteiger partial charge is 0.198 e. The third-order valence-electron chi connectivity index (χ3n) is 11.0. The number of Topliss-reactive ketones (excluding diaryl/α,β-unsaturated/α-hetero) is 3. The van der Waals surface area contributed by atoms with Gasteiger partial charge in [-0.25, -0.2) is 0 Å². The lowest BCUT2D eigenvalue weighted by atomic mass is 9.57. The number of aromatic hydroxyl groups is 1. The van der Waals surface area contributed by atoms with Gasteiger partial charge in [0.2, 0.25) is 0 Å². The summed E-state index contributed by atoms with van der Waals surface area (Å²) < 4.78 is 29.8. The summed E-state index contributed by atoms with van der Waals surface area (Å²) in [5.74, 6) is -3.28. The van der Waals surface area contributed by atoms with Crippen molar-refractivity contribution in [2.75, 3.05) is 0 Å². The van der Waals surface area contributed by atoms with E-state index in [-0.39, 0.29) is 41.1 Å². The molecule has 0 radical (unpaired) electrons. The van der Waals surface area contributed by atoms with Gasteiger partial charge in [0, 0.05) is 36.0 Å². The van der Waals surface area contributed by atoms with Crippen LogP contribution in [0.5, 0.6) is 5.75 Å². The lowest BCUT2D eigenvalue weighted by Gasteiger charge is -2.53. The zero-order chi connectivity index (χ0) is 35.9. The standard InChI is InChI=1S/C37H42O13/c1-17-23(38)7-11-28(47-17)49-25-9-10-26(46-19(25)3)20-5-6-21-30(32(20)41)33(42)22-13-14-36(44)16-35(4,50-29-12-8-24(39)18(2)48-29)15-27(40)37(36,45)31(22)34(21)43/h5-6,8,12-14,17-19,23,25-26,28-29,38,41,44-45H,7,9-11,15-16H2,1-4H3/t17?,18?,19?,23?,25?,26?,28?,29?,35-,36-,37-/m0/s1. The molecular formula is C37H42O13. The van der Waals surface area contributed by atoms with Crippen molar-refractivity contribution in [1.82, 2.24) is 0 Å². The van der Waals surface area contributed by atoms with E-state index < -0.39 is 88.9 Å². The van der Waals surface area contributed by atoms with Crippen LogP contribution in [-0.4, -0.2) is 103 Å². The van der Waals surface area contributed by atoms with E-state index in [2.05, 4.69) is 0 Å². The van der Waals surface area contributed by atoms with Crippen LogP contribution in [0.15, 0.2) is 47.6 Å². The van der Waals surface area contributed by atoms with Gasteiger partial charge in [0.25, 0.3) is 0 Å². The van der Waals surface area contributed by atoms with Crippen LogP contribution in [0.2, 0.25) is 0 Å². The van der Waals surface area contributed by atoms with Crippen molar-refractivity contribution >= 4 is 23.1 Å². The van der Waals surface area contributed by atoms with Crippen molar-refractivity contribution < 1.29 is 63.3 Å². The molecule has 13 heteroatoms. The Kier molecular flexibility index (Phi) is 8.67. The van der Waals surface area contributed by atoms with E-state index in [1.165, 1.54) is 30.4 Å². The number of ether oxygens (including phenoxy) is 5. The molecule has 0 amide bonds. The van der Waals surface area contributed by atoms with Crippen LogP contribution in [0, 0.1) is 0 Å². The van der Waals surface area contributed by atoms with Gasteiger partial charge in [-0.05, 0) is 71.3 Å². The van der Waals surface area contributed by atoms with Gasteiger partial charge in [-0.15, -0.1) is 0 Å². The Morgan fingerprint density at radius 2 is 1.66 bits per heavy atom. The zero-order valence-corrected chi connectivity index (χ0v) is 28.3. The lowest BCUT2D eigenvalue weighted by molar-refractivity contribution is -0.260. The summed E-state index contributed by atoms with van der Waals surface area (Å²) in [5.41, 5.74) is -7.54. The number of aliphatic hydroxyl groups is 3. The second-order valence-electron chi connectivity index (χ2n) is 14.6. The van der Waals surface area contributed by atoms with E-state index in [9.17, 15) is 39.6 Å². The van der Waals surface area contributed by atoms with Crippen molar-refractivity contribution in [3.63, 3.8) is 0 Å². The largest absolute Gasteiger partial charge is 0.507 e. The number of benzene rings is 1. The molecule has 0 bridgehead atoms. The highest BCUT2D eigenvalue weighted by molar-refractivity contribution is 6.32. The number of allylic oxidation sites excluding steroid dienone is 2. The normalized spacial score (nSPS) is 41.6. The molecule has 3 heterocycles. The third kappa shape index (κ3) is 5.55. The Bertz CT molecular complexity index is 1740. The molecule has 50 heavy (non-hydrogen) atoms. The van der Waals surface area contributed by atoms with E-state index in [4.69, 9.17) is 23.7 Å². The Morgan fingerprint density at radius 3 is 2.36 bits per heavy atom. The summed E-state index contributed by atoms with van der Waals surface area (Å²) in [6.45, 7) is 6.74. The first kappa shape index (κ1) is 35.0. The highest BCUT2D eigenvalue weighted by atomic mass is 16.7. The second-order valence-corrected chi connectivity index (χ2v) is 14.6. The topological polar surface area (TPSA) is 195 Å². The van der Waals surface area contributed by atoms with Crippen molar-refractivity contribution in [1.29, 1.82) is 0 Å². The highest BCUT2D eigenvalue weighted by Crippen LogP contribution is 2.53. The van der Waals surface area contributed by atoms with Gasteiger partial charge in [-0.3, -0.25) is 19.2 Å². The summed E-state index contributed by atoms with van der Waals surface area (Å²) in [4.78, 5) is 53.8. The molecule has 1 saturated carbocycles. The number of phenols is 1. The van der Waals surface area contributed by atoms with Gasteiger partial charge in [0.15, 0.2) is 41.3 Å². The number of carbonyl (C=O) groups excluding carboxylic acids is 4. The van der Waals surface area contributed by atoms with Crippen LogP contribution in [-0.2, 0) is 33.3 Å². The van der Waals surface area contributed by atoms with Gasteiger partial charge < -0.3 is 44.1 Å². The number of phenolic OH excluding ortho intramolecular Hbond substituents is 1. The number of aliphatic hydroxyl groups excluding tert-OH is 1. The first-order chi connectivity index (χ1) is 23.5. The molecule has 3 fully saturated rings. The molecule has 3 aliphatic carbocycles. The van der Waals surface area contributed by atoms with Crippen molar-refractivity contribution in [3.8, 4) is 5.75 Å². The minimum absolute atomic E-state index is 0.214. The monoisotopic (exact) mass is 694 g/mol. The van der Waals surface area contributed by atoms with Gasteiger partial charge in [0.05, 0.1) is 47.3 Å². The van der Waals surface area contributed by atoms with Crippen LogP contribution >= 0.6 is 0 Å². The minimum atomic E-state index is -2.78. The van der Waals surface area contributed by atoms with Crippen LogP contribution in [0.25, 0.3) is 0 Å². The maximum Gasteiger partial charge on any atom is 0.198 e. The Morgan fingerprint density at radius 1 is 0.900 bits per heavy atom. The Balaban J connectivity index is 1.12. The predicted octanol–water partition coefficient (Wildman–Crippen LogP) is 2.62. The van der Waals surface area contributed by atoms with E-state index >= 15 is 0 Å². The van der Waals surface area contributed by atoms with Gasteiger partial charge in [0.1, 0.15) is 17.5 Å². The molecule has 7 rings (SSSR count). The Hall–Kier alpha value is -3.40. The average Bonchev–Trinajstić information content (AvgIpc) is 3.05. The lowest BCUT2D eigenvalue weighted by Crippen LogP contribution is -2.69. The maximum absolute atomic E-state index is 14.1. The van der Waals surface area contributed by atoms with E-state index in [1.54, 1.807) is 20.8 Å². The molecule has 4 N–H and O–H groups in total. The van der Waals surface area contributed by atoms with Gasteiger partial charge in [-0.2, -0.15) is 0 Å². The van der Waals surface area contributed by atoms with Crippen LogP contribution in [0.3, 0.4) is 0 Å². The first-order valence-electron chi connectivity index (χ1n) is 17.1. The summed E-state index contributed by atoms with van der Waals surface area (Å²) in [7, 11) is 0. The number of carbonyl (C=O) groups is 4. The summed E-state index contributed by atoms with van der Waals surface area (Å²) in [6, 6.07) is 2.85. The van der Waals surface area contributed by atoms with E-state index in [1.807, 2.05) is 6.92 Å². The van der Waals surface area contributed by atoms with Crippen molar-refractivity contribution in [2.24, 2.45) is 0 Å². The molecule has 13 nitrogen and oxygen atoms in total. The fourth-order valence-corrected chi connectivity index (χ4v) is 8.20.